The second-order valence-corrected chi connectivity index (χ2v) is 5.20. The third kappa shape index (κ3) is 2.19. The van der Waals surface area contributed by atoms with E-state index >= 15 is 0 Å². The van der Waals surface area contributed by atoms with Crippen molar-refractivity contribution in [1.29, 1.82) is 0 Å². The van der Waals surface area contributed by atoms with Gasteiger partial charge in [-0.15, -0.1) is 0 Å². The Morgan fingerprint density at radius 1 is 1.09 bits per heavy atom. The van der Waals surface area contributed by atoms with E-state index in [0.29, 0.717) is 5.69 Å². The molecule has 22 heavy (non-hydrogen) atoms. The summed E-state index contributed by atoms with van der Waals surface area (Å²) >= 11 is 0. The van der Waals surface area contributed by atoms with Crippen LogP contribution < -0.4 is 0 Å². The maximum atomic E-state index is 11.9. The Labute approximate surface area is 128 Å². The van der Waals surface area contributed by atoms with Crippen molar-refractivity contribution in [2.24, 2.45) is 5.16 Å². The van der Waals surface area contributed by atoms with Gasteiger partial charge in [-0.25, -0.2) is 0 Å². The molecule has 0 atom stereocenters. The number of hydrogen-bond donors (Lipinski definition) is 1. The normalized spacial score (nSPS) is 11.8. The van der Waals surface area contributed by atoms with Crippen molar-refractivity contribution in [3.05, 3.63) is 66.0 Å². The molecule has 0 aliphatic carbocycles. The first-order chi connectivity index (χ1) is 10.6. The molecule has 0 amide bonds. The van der Waals surface area contributed by atoms with Crippen molar-refractivity contribution in [2.75, 3.05) is 0 Å². The molecule has 0 fully saturated rings. The fourth-order valence-corrected chi connectivity index (χ4v) is 2.75. The van der Waals surface area contributed by atoms with Crippen LogP contribution in [0.15, 0.2) is 59.8 Å². The van der Waals surface area contributed by atoms with E-state index in [-0.39, 0.29) is 11.5 Å². The summed E-state index contributed by atoms with van der Waals surface area (Å²) in [6.07, 6.45) is 0. The van der Waals surface area contributed by atoms with Crippen LogP contribution in [0, 0.1) is 6.92 Å². The predicted molar refractivity (Wildman–Crippen MR) is 86.6 cm³/mol. The number of nitrogens with zero attached hydrogens (tertiary/aromatic N) is 2. The first-order valence-corrected chi connectivity index (χ1v) is 7.03. The Bertz CT molecular complexity index is 877. The van der Waals surface area contributed by atoms with Gasteiger partial charge in [-0.2, -0.15) is 0 Å². The summed E-state index contributed by atoms with van der Waals surface area (Å²) in [6.45, 7) is 3.36. The molecule has 4 nitrogen and oxygen atoms in total. The molecule has 1 aromatic carbocycles. The van der Waals surface area contributed by atoms with Gasteiger partial charge >= 0.3 is 0 Å². The Kier molecular flexibility index (Phi) is 3.51. The van der Waals surface area contributed by atoms with Gasteiger partial charge in [-0.3, -0.25) is 4.79 Å². The van der Waals surface area contributed by atoms with E-state index in [9.17, 15) is 10.0 Å². The first-order valence-electron chi connectivity index (χ1n) is 7.03. The lowest BCUT2D eigenvalue weighted by Gasteiger charge is -2.09. The van der Waals surface area contributed by atoms with Crippen LogP contribution in [0.3, 0.4) is 0 Å². The molecular weight excluding hydrogens is 276 g/mol. The number of fused-ring (bicyclic) bond motifs is 1. The highest BCUT2D eigenvalue weighted by molar-refractivity contribution is 6.46. The van der Waals surface area contributed by atoms with Crippen LogP contribution in [0.5, 0.6) is 0 Å². The minimum absolute atomic E-state index is 0.0631. The van der Waals surface area contributed by atoms with Crippen molar-refractivity contribution >= 4 is 17.0 Å². The SMILES string of the molecule is CC(=O)/C(=N\O)c1c(-c2ccccc2)cc2cccc(C)n12. The monoisotopic (exact) mass is 292 g/mol. The zero-order chi connectivity index (χ0) is 15.7. The highest BCUT2D eigenvalue weighted by atomic mass is 16.4. The van der Waals surface area contributed by atoms with E-state index in [1.807, 2.05) is 65.9 Å². The molecule has 0 aliphatic rings. The quantitative estimate of drug-likeness (QED) is 0.455. The molecule has 0 bridgehead atoms. The molecule has 2 aromatic heterocycles. The number of carbonyl (C=O) groups excluding carboxylic acids is 1. The molecule has 3 aromatic rings. The van der Waals surface area contributed by atoms with Crippen molar-refractivity contribution in [3.63, 3.8) is 0 Å². The second kappa shape index (κ2) is 5.48. The standard InChI is InChI=1S/C18H16N2O2/c1-12-7-6-10-15-11-16(14-8-4-3-5-9-14)18(20(12)15)17(19-22)13(2)21/h3-11,22H,1-2H3/b19-17+. The zero-order valence-corrected chi connectivity index (χ0v) is 12.4. The van der Waals surface area contributed by atoms with Gasteiger partial charge in [-0.05, 0) is 30.7 Å². The fourth-order valence-electron chi connectivity index (χ4n) is 2.75. The van der Waals surface area contributed by atoms with Gasteiger partial charge < -0.3 is 9.61 Å². The van der Waals surface area contributed by atoms with E-state index in [0.717, 1.165) is 22.3 Å². The second-order valence-electron chi connectivity index (χ2n) is 5.20. The molecule has 0 saturated heterocycles. The molecule has 2 heterocycles. The van der Waals surface area contributed by atoms with Crippen molar-refractivity contribution < 1.29 is 10.0 Å². The van der Waals surface area contributed by atoms with E-state index in [2.05, 4.69) is 5.16 Å². The van der Waals surface area contributed by atoms with Crippen LogP contribution in [0.1, 0.15) is 18.3 Å². The minimum atomic E-state index is -0.275. The Morgan fingerprint density at radius 2 is 1.82 bits per heavy atom. The third-order valence-corrected chi connectivity index (χ3v) is 3.73. The fraction of sp³-hybridized carbons (Fsp3) is 0.111. The number of ketones is 1. The van der Waals surface area contributed by atoms with Crippen LogP contribution in [0.4, 0.5) is 0 Å². The molecule has 3 rings (SSSR count). The summed E-state index contributed by atoms with van der Waals surface area (Å²) < 4.78 is 1.94. The third-order valence-electron chi connectivity index (χ3n) is 3.73. The smallest absolute Gasteiger partial charge is 0.183 e. The number of carbonyl (C=O) groups is 1. The molecule has 0 aliphatic heterocycles. The van der Waals surface area contributed by atoms with Crippen LogP contribution in [-0.2, 0) is 4.79 Å². The Hall–Kier alpha value is -2.88. The number of Topliss-reactive ketones (excluding diaryl/α,β-unsaturated/α-hetero) is 1. The van der Waals surface area contributed by atoms with Gasteiger partial charge in [0.1, 0.15) is 0 Å². The van der Waals surface area contributed by atoms with Gasteiger partial charge in [0, 0.05) is 23.7 Å². The van der Waals surface area contributed by atoms with Crippen LogP contribution in [-0.4, -0.2) is 21.1 Å². The number of rotatable bonds is 3. The molecule has 0 saturated carbocycles. The van der Waals surface area contributed by atoms with E-state index in [1.165, 1.54) is 6.92 Å². The van der Waals surface area contributed by atoms with Gasteiger partial charge in [0.2, 0.25) is 0 Å². The highest BCUT2D eigenvalue weighted by Crippen LogP contribution is 2.29. The van der Waals surface area contributed by atoms with Gasteiger partial charge in [-0.1, -0.05) is 41.6 Å². The average molecular weight is 292 g/mol. The van der Waals surface area contributed by atoms with Gasteiger partial charge in [0.15, 0.2) is 11.5 Å². The van der Waals surface area contributed by atoms with Gasteiger partial charge in [0.05, 0.1) is 5.69 Å². The molecule has 0 radical (unpaired) electrons. The zero-order valence-electron chi connectivity index (χ0n) is 12.4. The maximum absolute atomic E-state index is 11.9. The Morgan fingerprint density at radius 3 is 2.45 bits per heavy atom. The largest absolute Gasteiger partial charge is 0.410 e. The van der Waals surface area contributed by atoms with Crippen molar-refractivity contribution in [1.82, 2.24) is 4.40 Å². The number of aromatic nitrogens is 1. The topological polar surface area (TPSA) is 54.1 Å². The van der Waals surface area contributed by atoms with E-state index < -0.39 is 0 Å². The van der Waals surface area contributed by atoms with Gasteiger partial charge in [0.25, 0.3) is 0 Å². The summed E-state index contributed by atoms with van der Waals surface area (Å²) in [5.41, 5.74) is 4.46. The number of aryl methyl sites for hydroxylation is 1. The number of pyridine rings is 1. The molecule has 4 heteroatoms. The van der Waals surface area contributed by atoms with Crippen LogP contribution in [0.25, 0.3) is 16.6 Å². The number of benzene rings is 1. The van der Waals surface area contributed by atoms with E-state index in [4.69, 9.17) is 0 Å². The van der Waals surface area contributed by atoms with Crippen LogP contribution >= 0.6 is 0 Å². The summed E-state index contributed by atoms with van der Waals surface area (Å²) in [5, 5.41) is 12.6. The minimum Gasteiger partial charge on any atom is -0.410 e. The highest BCUT2D eigenvalue weighted by Gasteiger charge is 2.21. The van der Waals surface area contributed by atoms with Crippen molar-refractivity contribution in [2.45, 2.75) is 13.8 Å². The molecule has 1 N–H and O–H groups in total. The molecule has 0 unspecified atom stereocenters. The Balaban J connectivity index is 2.43. The van der Waals surface area contributed by atoms with Crippen molar-refractivity contribution in [3.8, 4) is 11.1 Å². The molecule has 0 spiro atoms. The maximum Gasteiger partial charge on any atom is 0.183 e. The van der Waals surface area contributed by atoms with Crippen LogP contribution in [0.2, 0.25) is 0 Å². The predicted octanol–water partition coefficient (Wildman–Crippen LogP) is 3.68. The lowest BCUT2D eigenvalue weighted by molar-refractivity contribution is -0.111. The molecule has 110 valence electrons. The summed E-state index contributed by atoms with van der Waals surface area (Å²) in [5.74, 6) is -0.275. The average Bonchev–Trinajstić information content (AvgIpc) is 2.89. The first kappa shape index (κ1) is 14.1. The lowest BCUT2D eigenvalue weighted by atomic mass is 10.0. The number of oxime groups is 1. The molecular formula is C18H16N2O2. The van der Waals surface area contributed by atoms with E-state index in [1.54, 1.807) is 0 Å². The lowest BCUT2D eigenvalue weighted by Crippen LogP contribution is -2.16. The summed E-state index contributed by atoms with van der Waals surface area (Å²) in [4.78, 5) is 11.9. The number of hydrogen-bond acceptors (Lipinski definition) is 3. The summed E-state index contributed by atoms with van der Waals surface area (Å²) in [6, 6.07) is 17.7. The summed E-state index contributed by atoms with van der Waals surface area (Å²) in [7, 11) is 0.